The standard InChI is InChI=1S/C15H11BrN2O/c16-12-6-4-5-11(9-12)14-10-17-15(18-14)19-13-7-2-1-3-8-13/h1-10H,(H,17,18). The number of nitrogens with one attached hydrogen (secondary N) is 1. The van der Waals surface area contributed by atoms with Gasteiger partial charge in [0.2, 0.25) is 0 Å². The van der Waals surface area contributed by atoms with Crippen molar-refractivity contribution < 1.29 is 4.74 Å². The molecule has 94 valence electrons. The van der Waals surface area contributed by atoms with E-state index >= 15 is 0 Å². The summed E-state index contributed by atoms with van der Waals surface area (Å²) in [5.74, 6) is 0.762. The van der Waals surface area contributed by atoms with Gasteiger partial charge in [0.05, 0.1) is 5.69 Å². The lowest BCUT2D eigenvalue weighted by Gasteiger charge is -2.00. The van der Waals surface area contributed by atoms with E-state index in [2.05, 4.69) is 25.9 Å². The van der Waals surface area contributed by atoms with E-state index in [9.17, 15) is 0 Å². The number of halogens is 1. The summed E-state index contributed by atoms with van der Waals surface area (Å²) in [7, 11) is 0. The molecule has 0 unspecified atom stereocenters. The van der Waals surface area contributed by atoms with E-state index in [1.165, 1.54) is 0 Å². The zero-order chi connectivity index (χ0) is 13.1. The van der Waals surface area contributed by atoms with Crippen molar-refractivity contribution >= 4 is 15.9 Å². The molecule has 0 amide bonds. The summed E-state index contributed by atoms with van der Waals surface area (Å²) in [6.45, 7) is 0. The number of para-hydroxylation sites is 1. The van der Waals surface area contributed by atoms with Crippen LogP contribution in [0.3, 0.4) is 0 Å². The summed E-state index contributed by atoms with van der Waals surface area (Å²) in [5.41, 5.74) is 1.89. The molecule has 1 aromatic heterocycles. The largest absolute Gasteiger partial charge is 0.426 e. The molecule has 1 N–H and O–H groups in total. The Hall–Kier alpha value is -2.07. The van der Waals surface area contributed by atoms with E-state index in [1.807, 2.05) is 60.8 Å². The molecule has 0 aliphatic rings. The number of nitrogens with zero attached hydrogens (tertiary/aromatic N) is 1. The molecule has 0 atom stereocenters. The second-order valence-electron chi connectivity index (χ2n) is 4.02. The topological polar surface area (TPSA) is 37.9 Å². The van der Waals surface area contributed by atoms with Gasteiger partial charge in [0.25, 0.3) is 6.01 Å². The molecule has 0 aliphatic heterocycles. The minimum Gasteiger partial charge on any atom is -0.426 e. The molecule has 0 saturated carbocycles. The van der Waals surface area contributed by atoms with Crippen LogP contribution in [-0.4, -0.2) is 9.97 Å². The first-order valence-corrected chi connectivity index (χ1v) is 6.65. The molecule has 4 heteroatoms. The summed E-state index contributed by atoms with van der Waals surface area (Å²) in [4.78, 5) is 7.44. The van der Waals surface area contributed by atoms with Crippen LogP contribution in [0.2, 0.25) is 0 Å². The van der Waals surface area contributed by atoms with Crippen LogP contribution in [0.5, 0.6) is 11.8 Å². The average molecular weight is 315 g/mol. The van der Waals surface area contributed by atoms with Crippen LogP contribution in [0.1, 0.15) is 0 Å². The van der Waals surface area contributed by atoms with Crippen molar-refractivity contribution in [3.05, 3.63) is 65.3 Å². The zero-order valence-corrected chi connectivity index (χ0v) is 11.6. The number of ether oxygens (including phenoxy) is 1. The molecular weight excluding hydrogens is 304 g/mol. The highest BCUT2D eigenvalue weighted by Gasteiger charge is 2.05. The lowest BCUT2D eigenvalue weighted by atomic mass is 10.2. The fourth-order valence-corrected chi connectivity index (χ4v) is 2.15. The van der Waals surface area contributed by atoms with Gasteiger partial charge in [0.1, 0.15) is 5.75 Å². The Morgan fingerprint density at radius 1 is 1.00 bits per heavy atom. The van der Waals surface area contributed by atoms with E-state index in [1.54, 1.807) is 0 Å². The van der Waals surface area contributed by atoms with Crippen molar-refractivity contribution in [1.82, 2.24) is 9.97 Å². The maximum Gasteiger partial charge on any atom is 0.299 e. The van der Waals surface area contributed by atoms with E-state index in [0.717, 1.165) is 21.5 Å². The van der Waals surface area contributed by atoms with Crippen molar-refractivity contribution in [2.24, 2.45) is 0 Å². The van der Waals surface area contributed by atoms with E-state index < -0.39 is 0 Å². The minimum absolute atomic E-state index is 0.487. The van der Waals surface area contributed by atoms with E-state index in [4.69, 9.17) is 4.74 Å². The van der Waals surface area contributed by atoms with Crippen LogP contribution in [0, 0.1) is 0 Å². The first kappa shape index (κ1) is 12.0. The summed E-state index contributed by atoms with van der Waals surface area (Å²) in [6.07, 6.45) is 1.83. The highest BCUT2D eigenvalue weighted by atomic mass is 79.9. The quantitative estimate of drug-likeness (QED) is 0.765. The van der Waals surface area contributed by atoms with Gasteiger partial charge < -0.3 is 9.72 Å². The maximum atomic E-state index is 5.63. The number of hydrogen-bond acceptors (Lipinski definition) is 2. The molecule has 3 nitrogen and oxygen atoms in total. The number of aromatic amines is 1. The number of aromatic nitrogens is 2. The summed E-state index contributed by atoms with van der Waals surface area (Å²) in [5, 5.41) is 0. The number of H-pyrrole nitrogens is 1. The monoisotopic (exact) mass is 314 g/mol. The van der Waals surface area contributed by atoms with E-state index in [-0.39, 0.29) is 0 Å². The van der Waals surface area contributed by atoms with Crippen molar-refractivity contribution in [3.63, 3.8) is 0 Å². The highest BCUT2D eigenvalue weighted by molar-refractivity contribution is 9.10. The molecule has 2 aromatic carbocycles. The lowest BCUT2D eigenvalue weighted by Crippen LogP contribution is -1.85. The Morgan fingerprint density at radius 3 is 2.63 bits per heavy atom. The number of imidazole rings is 1. The third-order valence-electron chi connectivity index (χ3n) is 2.63. The third-order valence-corrected chi connectivity index (χ3v) is 3.13. The molecule has 0 saturated heterocycles. The van der Waals surface area contributed by atoms with Crippen LogP contribution in [-0.2, 0) is 0 Å². The third kappa shape index (κ3) is 2.85. The number of rotatable bonds is 3. The van der Waals surface area contributed by atoms with Gasteiger partial charge >= 0.3 is 0 Å². The normalized spacial score (nSPS) is 10.4. The summed E-state index contributed by atoms with van der Waals surface area (Å²) < 4.78 is 6.66. The minimum atomic E-state index is 0.487. The fraction of sp³-hybridized carbons (Fsp3) is 0. The number of hydrogen-bond donors (Lipinski definition) is 1. The first-order valence-electron chi connectivity index (χ1n) is 5.85. The van der Waals surface area contributed by atoms with E-state index in [0.29, 0.717) is 6.01 Å². The van der Waals surface area contributed by atoms with Crippen LogP contribution < -0.4 is 4.74 Å². The van der Waals surface area contributed by atoms with Crippen molar-refractivity contribution in [1.29, 1.82) is 0 Å². The summed E-state index contributed by atoms with van der Waals surface area (Å²) in [6, 6.07) is 18.0. The van der Waals surface area contributed by atoms with Gasteiger partial charge in [-0.1, -0.05) is 46.3 Å². The Morgan fingerprint density at radius 2 is 1.84 bits per heavy atom. The average Bonchev–Trinajstić information content (AvgIpc) is 2.88. The van der Waals surface area contributed by atoms with Gasteiger partial charge in [0, 0.05) is 16.2 Å². The van der Waals surface area contributed by atoms with Gasteiger partial charge in [-0.25, -0.2) is 0 Å². The van der Waals surface area contributed by atoms with Gasteiger partial charge in [-0.3, -0.25) is 0 Å². The molecule has 0 bridgehead atoms. The van der Waals surface area contributed by atoms with Crippen LogP contribution in [0.4, 0.5) is 0 Å². The predicted octanol–water partition coefficient (Wildman–Crippen LogP) is 4.63. The molecule has 3 aromatic rings. The molecule has 0 radical (unpaired) electrons. The lowest BCUT2D eigenvalue weighted by molar-refractivity contribution is 0.448. The molecule has 0 spiro atoms. The SMILES string of the molecule is Brc1cccc(-c2c[nH]c(Oc3ccccc3)n2)c1. The molecule has 0 aliphatic carbocycles. The predicted molar refractivity (Wildman–Crippen MR) is 78.2 cm³/mol. The molecule has 0 fully saturated rings. The Bertz CT molecular complexity index is 679. The van der Waals surface area contributed by atoms with Crippen molar-refractivity contribution in [2.45, 2.75) is 0 Å². The highest BCUT2D eigenvalue weighted by Crippen LogP contribution is 2.24. The van der Waals surface area contributed by atoms with Gasteiger partial charge in [-0.15, -0.1) is 0 Å². The Balaban J connectivity index is 1.84. The fourth-order valence-electron chi connectivity index (χ4n) is 1.75. The maximum absolute atomic E-state index is 5.63. The molecule has 1 heterocycles. The van der Waals surface area contributed by atoms with Crippen LogP contribution in [0.25, 0.3) is 11.3 Å². The Kier molecular flexibility index (Phi) is 3.33. The van der Waals surface area contributed by atoms with Crippen molar-refractivity contribution in [2.75, 3.05) is 0 Å². The molecule has 19 heavy (non-hydrogen) atoms. The van der Waals surface area contributed by atoms with Gasteiger partial charge in [-0.05, 0) is 24.3 Å². The summed E-state index contributed by atoms with van der Waals surface area (Å²) >= 11 is 3.45. The second kappa shape index (κ2) is 5.28. The molecular formula is C15H11BrN2O. The van der Waals surface area contributed by atoms with Crippen LogP contribution >= 0.6 is 15.9 Å². The van der Waals surface area contributed by atoms with Gasteiger partial charge in [0.15, 0.2) is 0 Å². The van der Waals surface area contributed by atoms with Crippen molar-refractivity contribution in [3.8, 4) is 23.0 Å². The smallest absolute Gasteiger partial charge is 0.299 e. The number of benzene rings is 2. The van der Waals surface area contributed by atoms with Gasteiger partial charge in [-0.2, -0.15) is 4.98 Å². The van der Waals surface area contributed by atoms with Crippen LogP contribution in [0.15, 0.2) is 65.3 Å². The Labute approximate surface area is 119 Å². The first-order chi connectivity index (χ1) is 9.31. The molecule has 3 rings (SSSR count). The second-order valence-corrected chi connectivity index (χ2v) is 4.93. The zero-order valence-electron chi connectivity index (χ0n) is 10.0.